The fourth-order valence-corrected chi connectivity index (χ4v) is 2.80. The van der Waals surface area contributed by atoms with Crippen molar-refractivity contribution in [3.05, 3.63) is 34.1 Å². The maximum atomic E-state index is 5.95. The minimum atomic E-state index is 0.634. The Morgan fingerprint density at radius 1 is 1.05 bits per heavy atom. The Labute approximate surface area is 125 Å². The summed E-state index contributed by atoms with van der Waals surface area (Å²) in [6.07, 6.45) is 1.73. The summed E-state index contributed by atoms with van der Waals surface area (Å²) >= 11 is 7.42. The van der Waals surface area contributed by atoms with Gasteiger partial charge in [0.15, 0.2) is 11.5 Å². The zero-order valence-electron chi connectivity index (χ0n) is 10.9. The van der Waals surface area contributed by atoms with Crippen molar-refractivity contribution in [3.8, 4) is 22.8 Å². The Balaban J connectivity index is 2.15. The van der Waals surface area contributed by atoms with E-state index in [2.05, 4.69) is 9.97 Å². The molecule has 0 atom stereocenters. The average Bonchev–Trinajstić information content (AvgIpc) is 2.91. The van der Waals surface area contributed by atoms with E-state index in [9.17, 15) is 0 Å². The molecule has 1 aromatic carbocycles. The normalized spacial score (nSPS) is 10.8. The first-order valence-electron chi connectivity index (χ1n) is 5.84. The number of rotatable bonds is 3. The van der Waals surface area contributed by atoms with E-state index in [1.165, 1.54) is 11.3 Å². The molecule has 0 saturated carbocycles. The van der Waals surface area contributed by atoms with Crippen LogP contribution in [0.5, 0.6) is 11.5 Å². The molecule has 4 nitrogen and oxygen atoms in total. The number of fused-ring (bicyclic) bond motifs is 1. The van der Waals surface area contributed by atoms with E-state index >= 15 is 0 Å². The molecule has 0 unspecified atom stereocenters. The summed E-state index contributed by atoms with van der Waals surface area (Å²) in [7, 11) is 3.19. The van der Waals surface area contributed by atoms with Gasteiger partial charge in [0, 0.05) is 23.1 Å². The van der Waals surface area contributed by atoms with Gasteiger partial charge >= 0.3 is 0 Å². The van der Waals surface area contributed by atoms with Crippen LogP contribution in [0.2, 0.25) is 4.34 Å². The average molecular weight is 307 g/mol. The first-order chi connectivity index (χ1) is 9.71. The lowest BCUT2D eigenvalue weighted by Crippen LogP contribution is -1.93. The number of hydrogen-bond acceptors (Lipinski definition) is 5. The van der Waals surface area contributed by atoms with Gasteiger partial charge in [-0.25, -0.2) is 4.98 Å². The van der Waals surface area contributed by atoms with Crippen molar-refractivity contribution in [2.75, 3.05) is 14.2 Å². The molecule has 0 aliphatic rings. The summed E-state index contributed by atoms with van der Waals surface area (Å²) in [6, 6.07) is 5.51. The third-order valence-electron chi connectivity index (χ3n) is 2.91. The summed E-state index contributed by atoms with van der Waals surface area (Å²) in [6.45, 7) is 0. The lowest BCUT2D eigenvalue weighted by atomic mass is 10.2. The van der Waals surface area contributed by atoms with Gasteiger partial charge in [0.2, 0.25) is 0 Å². The standard InChI is InChI=1S/C14H11ClN2O2S/c1-18-12-4-9-10(5-13(12)19-2)17-11(6-16-9)8-3-14(15)20-7-8/h3-7H,1-2H3. The van der Waals surface area contributed by atoms with E-state index in [4.69, 9.17) is 21.1 Å². The second-order valence-corrected chi connectivity index (χ2v) is 5.63. The van der Waals surface area contributed by atoms with E-state index in [1.807, 2.05) is 23.6 Å². The molecule has 3 rings (SSSR count). The third-order valence-corrected chi connectivity index (χ3v) is 4.00. The van der Waals surface area contributed by atoms with Crippen LogP contribution in [-0.2, 0) is 0 Å². The van der Waals surface area contributed by atoms with Crippen molar-refractivity contribution in [2.24, 2.45) is 0 Å². The molecular formula is C14H11ClN2O2S. The highest BCUT2D eigenvalue weighted by Crippen LogP contribution is 2.32. The largest absolute Gasteiger partial charge is 0.493 e. The van der Waals surface area contributed by atoms with Crippen LogP contribution in [0.4, 0.5) is 0 Å². The smallest absolute Gasteiger partial charge is 0.163 e. The van der Waals surface area contributed by atoms with Gasteiger partial charge in [-0.1, -0.05) is 11.6 Å². The van der Waals surface area contributed by atoms with Gasteiger partial charge < -0.3 is 9.47 Å². The fourth-order valence-electron chi connectivity index (χ4n) is 1.92. The maximum absolute atomic E-state index is 5.95. The lowest BCUT2D eigenvalue weighted by Gasteiger charge is -2.08. The molecule has 2 heterocycles. The molecule has 0 N–H and O–H groups in total. The zero-order valence-corrected chi connectivity index (χ0v) is 12.5. The van der Waals surface area contributed by atoms with Crippen LogP contribution >= 0.6 is 22.9 Å². The fraction of sp³-hybridized carbons (Fsp3) is 0.143. The first kappa shape index (κ1) is 13.1. The van der Waals surface area contributed by atoms with Crippen LogP contribution < -0.4 is 9.47 Å². The van der Waals surface area contributed by atoms with Gasteiger partial charge in [0.1, 0.15) is 0 Å². The summed E-state index contributed by atoms with van der Waals surface area (Å²) in [4.78, 5) is 9.01. The Kier molecular flexibility index (Phi) is 3.46. The number of nitrogens with zero attached hydrogens (tertiary/aromatic N) is 2. The molecule has 0 saturated heterocycles. The SMILES string of the molecule is COc1cc2ncc(-c3csc(Cl)c3)nc2cc1OC. The molecule has 0 spiro atoms. The van der Waals surface area contributed by atoms with Crippen molar-refractivity contribution in [1.29, 1.82) is 0 Å². The second kappa shape index (κ2) is 5.26. The highest BCUT2D eigenvalue weighted by molar-refractivity contribution is 7.14. The molecule has 6 heteroatoms. The lowest BCUT2D eigenvalue weighted by molar-refractivity contribution is 0.355. The van der Waals surface area contributed by atoms with Crippen LogP contribution in [-0.4, -0.2) is 24.2 Å². The molecule has 2 aromatic heterocycles. The molecule has 20 heavy (non-hydrogen) atoms. The van der Waals surface area contributed by atoms with Gasteiger partial charge in [0.05, 0.1) is 41.5 Å². The molecule has 3 aromatic rings. The highest BCUT2D eigenvalue weighted by Gasteiger charge is 2.10. The third kappa shape index (κ3) is 2.30. The number of aromatic nitrogens is 2. The number of thiophene rings is 1. The van der Waals surface area contributed by atoms with E-state index < -0.39 is 0 Å². The molecule has 0 fully saturated rings. The summed E-state index contributed by atoms with van der Waals surface area (Å²) < 4.78 is 11.3. The Morgan fingerprint density at radius 2 is 1.75 bits per heavy atom. The van der Waals surface area contributed by atoms with Crippen LogP contribution in [0.1, 0.15) is 0 Å². The number of halogens is 1. The van der Waals surface area contributed by atoms with Crippen LogP contribution in [0.25, 0.3) is 22.3 Å². The van der Waals surface area contributed by atoms with Crippen molar-refractivity contribution in [2.45, 2.75) is 0 Å². The number of ether oxygens (including phenoxy) is 2. The minimum absolute atomic E-state index is 0.634. The summed E-state index contributed by atoms with van der Waals surface area (Å²) in [5, 5.41) is 1.96. The van der Waals surface area contributed by atoms with Gasteiger partial charge in [-0.05, 0) is 6.07 Å². The van der Waals surface area contributed by atoms with E-state index in [0.29, 0.717) is 11.5 Å². The van der Waals surface area contributed by atoms with Gasteiger partial charge in [-0.2, -0.15) is 0 Å². The van der Waals surface area contributed by atoms with Crippen LogP contribution in [0.3, 0.4) is 0 Å². The molecular weight excluding hydrogens is 296 g/mol. The predicted molar refractivity (Wildman–Crippen MR) is 81.0 cm³/mol. The Bertz CT molecular complexity index is 773. The van der Waals surface area contributed by atoms with E-state index in [0.717, 1.165) is 26.6 Å². The van der Waals surface area contributed by atoms with Gasteiger partial charge in [0.25, 0.3) is 0 Å². The number of benzene rings is 1. The van der Waals surface area contributed by atoms with Crippen molar-refractivity contribution in [1.82, 2.24) is 9.97 Å². The molecule has 0 amide bonds. The number of hydrogen-bond donors (Lipinski definition) is 0. The van der Waals surface area contributed by atoms with Crippen LogP contribution in [0.15, 0.2) is 29.8 Å². The second-order valence-electron chi connectivity index (χ2n) is 4.09. The van der Waals surface area contributed by atoms with Crippen molar-refractivity contribution < 1.29 is 9.47 Å². The first-order valence-corrected chi connectivity index (χ1v) is 7.10. The zero-order chi connectivity index (χ0) is 14.1. The molecule has 102 valence electrons. The molecule has 0 radical (unpaired) electrons. The molecule has 0 aliphatic carbocycles. The van der Waals surface area contributed by atoms with Crippen molar-refractivity contribution in [3.63, 3.8) is 0 Å². The molecule has 0 aliphatic heterocycles. The topological polar surface area (TPSA) is 44.2 Å². The molecule has 0 bridgehead atoms. The monoisotopic (exact) mass is 306 g/mol. The van der Waals surface area contributed by atoms with Gasteiger partial charge in [-0.3, -0.25) is 4.98 Å². The Hall–Kier alpha value is -1.85. The quantitative estimate of drug-likeness (QED) is 0.733. The predicted octanol–water partition coefficient (Wildman–Crippen LogP) is 4.03. The summed E-state index contributed by atoms with van der Waals surface area (Å²) in [5.74, 6) is 1.27. The maximum Gasteiger partial charge on any atom is 0.163 e. The van der Waals surface area contributed by atoms with Crippen LogP contribution in [0, 0.1) is 0 Å². The summed E-state index contributed by atoms with van der Waals surface area (Å²) in [5.41, 5.74) is 3.26. The van der Waals surface area contributed by atoms with Crippen molar-refractivity contribution >= 4 is 34.0 Å². The number of methoxy groups -OCH3 is 2. The highest BCUT2D eigenvalue weighted by atomic mass is 35.5. The van der Waals surface area contributed by atoms with Gasteiger partial charge in [-0.15, -0.1) is 11.3 Å². The minimum Gasteiger partial charge on any atom is -0.493 e. The van der Waals surface area contributed by atoms with E-state index in [-0.39, 0.29) is 0 Å². The van der Waals surface area contributed by atoms with E-state index in [1.54, 1.807) is 20.4 Å². The Morgan fingerprint density at radius 3 is 2.35 bits per heavy atom.